The SMILES string of the molecule is OCCC(O)CCF. The van der Waals surface area contributed by atoms with Gasteiger partial charge in [-0.1, -0.05) is 0 Å². The average Bonchev–Trinajstić information content (AvgIpc) is 1.68. The quantitative estimate of drug-likeness (QED) is 0.554. The molecule has 0 aromatic rings. The van der Waals surface area contributed by atoms with Gasteiger partial charge < -0.3 is 10.2 Å². The van der Waals surface area contributed by atoms with Crippen LogP contribution in [-0.4, -0.2) is 29.6 Å². The predicted molar refractivity (Wildman–Crippen MR) is 28.3 cm³/mol. The lowest BCUT2D eigenvalue weighted by molar-refractivity contribution is 0.117. The number of hydrogen-bond acceptors (Lipinski definition) is 2. The van der Waals surface area contributed by atoms with Gasteiger partial charge >= 0.3 is 0 Å². The predicted octanol–water partition coefficient (Wildman–Crippen LogP) is 0.0893. The minimum Gasteiger partial charge on any atom is -0.396 e. The molecule has 0 aromatic carbocycles. The highest BCUT2D eigenvalue weighted by atomic mass is 19.1. The zero-order valence-corrected chi connectivity index (χ0v) is 4.68. The van der Waals surface area contributed by atoms with Crippen LogP contribution in [-0.2, 0) is 0 Å². The summed E-state index contributed by atoms with van der Waals surface area (Å²) in [5.74, 6) is 0. The highest BCUT2D eigenvalue weighted by Crippen LogP contribution is 1.95. The van der Waals surface area contributed by atoms with Crippen LogP contribution in [0.15, 0.2) is 0 Å². The third kappa shape index (κ3) is 4.02. The topological polar surface area (TPSA) is 40.5 Å². The Kier molecular flexibility index (Phi) is 4.90. The van der Waals surface area contributed by atoms with Crippen molar-refractivity contribution in [2.45, 2.75) is 18.9 Å². The Hall–Kier alpha value is -0.150. The molecular weight excluding hydrogens is 111 g/mol. The molecule has 2 N–H and O–H groups in total. The van der Waals surface area contributed by atoms with E-state index < -0.39 is 12.8 Å². The second kappa shape index (κ2) is 5.00. The van der Waals surface area contributed by atoms with E-state index in [-0.39, 0.29) is 19.4 Å². The molecule has 0 fully saturated rings. The second-order valence-corrected chi connectivity index (χ2v) is 1.64. The molecule has 1 unspecified atom stereocenters. The van der Waals surface area contributed by atoms with Crippen LogP contribution in [0.4, 0.5) is 4.39 Å². The summed E-state index contributed by atoms with van der Waals surface area (Å²) in [5.41, 5.74) is 0. The second-order valence-electron chi connectivity index (χ2n) is 1.64. The van der Waals surface area contributed by atoms with Crippen LogP contribution in [0.2, 0.25) is 0 Å². The zero-order chi connectivity index (χ0) is 6.41. The molecule has 0 heterocycles. The van der Waals surface area contributed by atoms with Crippen molar-refractivity contribution >= 4 is 0 Å². The average molecular weight is 122 g/mol. The maximum absolute atomic E-state index is 11.3. The van der Waals surface area contributed by atoms with E-state index in [1.54, 1.807) is 0 Å². The van der Waals surface area contributed by atoms with Crippen molar-refractivity contribution in [2.75, 3.05) is 13.3 Å². The van der Waals surface area contributed by atoms with Crippen LogP contribution in [0.25, 0.3) is 0 Å². The summed E-state index contributed by atoms with van der Waals surface area (Å²) in [5, 5.41) is 16.8. The van der Waals surface area contributed by atoms with Gasteiger partial charge in [-0.05, 0) is 6.42 Å². The van der Waals surface area contributed by atoms with E-state index in [1.165, 1.54) is 0 Å². The Morgan fingerprint density at radius 2 is 2.00 bits per heavy atom. The molecular formula is C5H11FO2. The fourth-order valence-electron chi connectivity index (χ4n) is 0.419. The molecule has 0 spiro atoms. The van der Waals surface area contributed by atoms with Gasteiger partial charge in [-0.15, -0.1) is 0 Å². The molecule has 0 aliphatic heterocycles. The largest absolute Gasteiger partial charge is 0.396 e. The van der Waals surface area contributed by atoms with Crippen molar-refractivity contribution in [3.63, 3.8) is 0 Å². The van der Waals surface area contributed by atoms with E-state index in [0.717, 1.165) is 0 Å². The van der Waals surface area contributed by atoms with Gasteiger partial charge in [0.1, 0.15) is 0 Å². The maximum Gasteiger partial charge on any atom is 0.0919 e. The highest BCUT2D eigenvalue weighted by Gasteiger charge is 2.00. The monoisotopic (exact) mass is 122 g/mol. The molecule has 0 amide bonds. The Balaban J connectivity index is 2.92. The van der Waals surface area contributed by atoms with Gasteiger partial charge in [0.15, 0.2) is 0 Å². The maximum atomic E-state index is 11.3. The summed E-state index contributed by atoms with van der Waals surface area (Å²) < 4.78 is 11.3. The standard InChI is InChI=1S/C5H11FO2/c6-3-1-5(8)2-4-7/h5,7-8H,1-4H2. The zero-order valence-electron chi connectivity index (χ0n) is 4.68. The fraction of sp³-hybridized carbons (Fsp3) is 1.00. The van der Waals surface area contributed by atoms with Crippen LogP contribution >= 0.6 is 0 Å². The molecule has 50 valence electrons. The molecule has 3 heteroatoms. The first-order chi connectivity index (χ1) is 3.81. The molecule has 1 atom stereocenters. The van der Waals surface area contributed by atoms with Gasteiger partial charge in [0.05, 0.1) is 12.8 Å². The minimum atomic E-state index is -0.662. The van der Waals surface area contributed by atoms with Crippen LogP contribution < -0.4 is 0 Å². The summed E-state index contributed by atoms with van der Waals surface area (Å²) in [4.78, 5) is 0. The molecule has 0 aromatic heterocycles. The van der Waals surface area contributed by atoms with E-state index in [1.807, 2.05) is 0 Å². The first-order valence-electron chi connectivity index (χ1n) is 2.66. The van der Waals surface area contributed by atoms with E-state index in [0.29, 0.717) is 0 Å². The summed E-state index contributed by atoms with van der Waals surface area (Å²) in [6, 6.07) is 0. The van der Waals surface area contributed by atoms with Gasteiger partial charge in [-0.3, -0.25) is 4.39 Å². The Morgan fingerprint density at radius 3 is 2.38 bits per heavy atom. The van der Waals surface area contributed by atoms with Gasteiger partial charge in [0.2, 0.25) is 0 Å². The van der Waals surface area contributed by atoms with E-state index in [2.05, 4.69) is 0 Å². The first-order valence-corrected chi connectivity index (χ1v) is 2.66. The van der Waals surface area contributed by atoms with Crippen molar-refractivity contribution in [3.05, 3.63) is 0 Å². The molecule has 8 heavy (non-hydrogen) atoms. The van der Waals surface area contributed by atoms with Crippen molar-refractivity contribution in [3.8, 4) is 0 Å². The molecule has 0 rings (SSSR count). The molecule has 0 radical (unpaired) electrons. The van der Waals surface area contributed by atoms with E-state index in [4.69, 9.17) is 10.2 Å². The summed E-state index contributed by atoms with van der Waals surface area (Å²) in [6.45, 7) is -0.581. The smallest absolute Gasteiger partial charge is 0.0919 e. The normalized spacial score (nSPS) is 13.9. The molecule has 0 aliphatic carbocycles. The van der Waals surface area contributed by atoms with Crippen molar-refractivity contribution in [1.82, 2.24) is 0 Å². The number of alkyl halides is 1. The Bertz CT molecular complexity index is 43.7. The van der Waals surface area contributed by atoms with Crippen molar-refractivity contribution < 1.29 is 14.6 Å². The molecule has 0 saturated carbocycles. The number of hydrogen-bond donors (Lipinski definition) is 2. The number of halogens is 1. The van der Waals surface area contributed by atoms with Crippen molar-refractivity contribution in [1.29, 1.82) is 0 Å². The van der Waals surface area contributed by atoms with E-state index >= 15 is 0 Å². The summed E-state index contributed by atoms with van der Waals surface area (Å²) in [7, 11) is 0. The van der Waals surface area contributed by atoms with Crippen LogP contribution in [0.3, 0.4) is 0 Å². The van der Waals surface area contributed by atoms with Crippen LogP contribution in [0.5, 0.6) is 0 Å². The third-order valence-corrected chi connectivity index (χ3v) is 0.905. The summed E-state index contributed by atoms with van der Waals surface area (Å²) in [6.07, 6.45) is -0.241. The number of aliphatic hydroxyl groups excluding tert-OH is 2. The Morgan fingerprint density at radius 1 is 1.38 bits per heavy atom. The number of rotatable bonds is 4. The first kappa shape index (κ1) is 7.85. The molecule has 0 bridgehead atoms. The highest BCUT2D eigenvalue weighted by molar-refractivity contribution is 4.51. The lowest BCUT2D eigenvalue weighted by Gasteiger charge is -2.02. The van der Waals surface area contributed by atoms with Gasteiger partial charge in [-0.2, -0.15) is 0 Å². The van der Waals surface area contributed by atoms with Gasteiger partial charge in [0.25, 0.3) is 0 Å². The lowest BCUT2D eigenvalue weighted by atomic mass is 10.2. The fourth-order valence-corrected chi connectivity index (χ4v) is 0.419. The van der Waals surface area contributed by atoms with Gasteiger partial charge in [0, 0.05) is 13.0 Å². The minimum absolute atomic E-state index is 0.0683. The number of aliphatic hydroxyl groups is 2. The van der Waals surface area contributed by atoms with E-state index in [9.17, 15) is 4.39 Å². The van der Waals surface area contributed by atoms with Crippen molar-refractivity contribution in [2.24, 2.45) is 0 Å². The van der Waals surface area contributed by atoms with Crippen LogP contribution in [0.1, 0.15) is 12.8 Å². The molecule has 0 aliphatic rings. The van der Waals surface area contributed by atoms with Gasteiger partial charge in [-0.25, -0.2) is 0 Å². The molecule has 0 saturated heterocycles. The van der Waals surface area contributed by atoms with Crippen LogP contribution in [0, 0.1) is 0 Å². The molecule has 2 nitrogen and oxygen atoms in total. The third-order valence-electron chi connectivity index (χ3n) is 0.905. The lowest BCUT2D eigenvalue weighted by Crippen LogP contribution is -2.08. The summed E-state index contributed by atoms with van der Waals surface area (Å²) >= 11 is 0. The Labute approximate surface area is 48.0 Å².